The number of hydrogen-bond acceptors (Lipinski definition) is 3. The maximum absolute atomic E-state index is 12.0. The normalized spacial score (nSPS) is 12.1. The van der Waals surface area contributed by atoms with Gasteiger partial charge < -0.3 is 14.9 Å². The monoisotopic (exact) mass is 264 g/mol. The smallest absolute Gasteiger partial charge is 0.242 e. The van der Waals surface area contributed by atoms with Crippen LogP contribution in [0.1, 0.15) is 32.4 Å². The van der Waals surface area contributed by atoms with E-state index in [0.717, 1.165) is 24.3 Å². The van der Waals surface area contributed by atoms with Gasteiger partial charge in [0.05, 0.1) is 12.6 Å². The Morgan fingerprint density at radius 3 is 2.16 bits per heavy atom. The molecule has 1 aromatic rings. The molecule has 1 rings (SSSR count). The van der Waals surface area contributed by atoms with Gasteiger partial charge in [0.2, 0.25) is 5.91 Å². The molecular weight excluding hydrogens is 240 g/mol. The van der Waals surface area contributed by atoms with Crippen LogP contribution in [0.2, 0.25) is 0 Å². The molecule has 1 aromatic carbocycles. The van der Waals surface area contributed by atoms with Crippen LogP contribution in [0, 0.1) is 0 Å². The van der Waals surface area contributed by atoms with Gasteiger partial charge in [-0.2, -0.15) is 0 Å². The van der Waals surface area contributed by atoms with Crippen LogP contribution in [0.15, 0.2) is 24.3 Å². The molecule has 1 atom stereocenters. The molecule has 19 heavy (non-hydrogen) atoms. The highest BCUT2D eigenvalue weighted by Crippen LogP contribution is 2.18. The number of rotatable bonds is 6. The van der Waals surface area contributed by atoms with Crippen LogP contribution in [0.4, 0.5) is 5.69 Å². The average Bonchev–Trinajstić information content (AvgIpc) is 2.40. The molecule has 106 valence electrons. The first-order valence-corrected chi connectivity index (χ1v) is 6.76. The van der Waals surface area contributed by atoms with Gasteiger partial charge in [0.25, 0.3) is 0 Å². The number of amides is 1. The molecule has 1 amide bonds. The zero-order valence-corrected chi connectivity index (χ0v) is 12.3. The van der Waals surface area contributed by atoms with Gasteiger partial charge in [0, 0.05) is 25.8 Å². The summed E-state index contributed by atoms with van der Waals surface area (Å²) >= 11 is 0. The quantitative estimate of drug-likeness (QED) is 0.855. The predicted octanol–water partition coefficient (Wildman–Crippen LogP) is 2.04. The van der Waals surface area contributed by atoms with Crippen molar-refractivity contribution < 1.29 is 9.90 Å². The fourth-order valence-corrected chi connectivity index (χ4v) is 1.98. The molecule has 1 N–H and O–H groups in total. The van der Waals surface area contributed by atoms with E-state index in [1.165, 1.54) is 0 Å². The third-order valence-electron chi connectivity index (χ3n) is 3.30. The van der Waals surface area contributed by atoms with E-state index in [1.54, 1.807) is 6.92 Å². The Hall–Kier alpha value is -1.55. The third kappa shape index (κ3) is 4.24. The van der Waals surface area contributed by atoms with Gasteiger partial charge in [-0.3, -0.25) is 4.79 Å². The highest BCUT2D eigenvalue weighted by atomic mass is 16.3. The van der Waals surface area contributed by atoms with E-state index in [0.29, 0.717) is 6.54 Å². The molecule has 0 aliphatic heterocycles. The number of benzene rings is 1. The largest absolute Gasteiger partial charge is 0.389 e. The van der Waals surface area contributed by atoms with Gasteiger partial charge in [-0.15, -0.1) is 0 Å². The molecule has 0 unspecified atom stereocenters. The van der Waals surface area contributed by atoms with Gasteiger partial charge in [-0.1, -0.05) is 12.1 Å². The van der Waals surface area contributed by atoms with Crippen molar-refractivity contribution in [2.45, 2.75) is 26.9 Å². The van der Waals surface area contributed by atoms with Crippen LogP contribution in [0.5, 0.6) is 0 Å². The second kappa shape index (κ2) is 7.14. The topological polar surface area (TPSA) is 43.8 Å². The molecule has 0 spiro atoms. The number of aliphatic hydroxyl groups excluding tert-OH is 1. The molecule has 0 bridgehead atoms. The van der Waals surface area contributed by atoms with Gasteiger partial charge in [-0.05, 0) is 38.5 Å². The van der Waals surface area contributed by atoms with Crippen molar-refractivity contribution in [1.29, 1.82) is 0 Å². The van der Waals surface area contributed by atoms with Crippen molar-refractivity contribution in [3.63, 3.8) is 0 Å². The third-order valence-corrected chi connectivity index (χ3v) is 3.30. The maximum Gasteiger partial charge on any atom is 0.242 e. The molecule has 0 aliphatic rings. The van der Waals surface area contributed by atoms with Crippen LogP contribution in [0.3, 0.4) is 0 Å². The fraction of sp³-hybridized carbons (Fsp3) is 0.533. The summed E-state index contributed by atoms with van der Waals surface area (Å²) in [6.45, 7) is 7.56. The Morgan fingerprint density at radius 1 is 1.21 bits per heavy atom. The number of hydrogen-bond donors (Lipinski definition) is 1. The van der Waals surface area contributed by atoms with Gasteiger partial charge >= 0.3 is 0 Å². The van der Waals surface area contributed by atoms with Crippen molar-refractivity contribution in [2.75, 3.05) is 31.6 Å². The van der Waals surface area contributed by atoms with E-state index in [2.05, 4.69) is 0 Å². The molecule has 0 saturated carbocycles. The van der Waals surface area contributed by atoms with Gasteiger partial charge in [0.1, 0.15) is 0 Å². The van der Waals surface area contributed by atoms with E-state index in [9.17, 15) is 9.90 Å². The highest BCUT2D eigenvalue weighted by molar-refractivity contribution is 5.81. The van der Waals surface area contributed by atoms with E-state index in [-0.39, 0.29) is 5.91 Å². The van der Waals surface area contributed by atoms with Crippen molar-refractivity contribution in [3.8, 4) is 0 Å². The molecule has 4 heteroatoms. The van der Waals surface area contributed by atoms with Crippen molar-refractivity contribution in [3.05, 3.63) is 29.8 Å². The first-order chi connectivity index (χ1) is 8.99. The average molecular weight is 264 g/mol. The lowest BCUT2D eigenvalue weighted by molar-refractivity contribution is -0.129. The number of nitrogens with zero attached hydrogens (tertiary/aromatic N) is 2. The Morgan fingerprint density at radius 2 is 1.74 bits per heavy atom. The van der Waals surface area contributed by atoms with Crippen LogP contribution in [-0.2, 0) is 4.79 Å². The summed E-state index contributed by atoms with van der Waals surface area (Å²) in [7, 11) is 1.90. The first-order valence-electron chi connectivity index (χ1n) is 6.76. The summed E-state index contributed by atoms with van der Waals surface area (Å²) in [5.41, 5.74) is 1.86. The first kappa shape index (κ1) is 15.5. The number of aliphatic hydroxyl groups is 1. The number of carbonyl (C=O) groups is 1. The second-order valence-corrected chi connectivity index (χ2v) is 4.69. The summed E-state index contributed by atoms with van der Waals surface area (Å²) in [6, 6.07) is 7.63. The Bertz CT molecular complexity index is 397. The van der Waals surface area contributed by atoms with E-state index in [4.69, 9.17) is 0 Å². The maximum atomic E-state index is 12.0. The summed E-state index contributed by atoms with van der Waals surface area (Å²) in [6.07, 6.45) is -0.461. The number of likely N-dealkylation sites (N-methyl/N-ethyl adjacent to an activating group) is 2. The highest BCUT2D eigenvalue weighted by Gasteiger charge is 2.12. The molecule has 0 heterocycles. The zero-order chi connectivity index (χ0) is 14.4. The van der Waals surface area contributed by atoms with Crippen molar-refractivity contribution in [2.24, 2.45) is 0 Å². The predicted molar refractivity (Wildman–Crippen MR) is 78.3 cm³/mol. The summed E-state index contributed by atoms with van der Waals surface area (Å²) in [5, 5.41) is 9.46. The van der Waals surface area contributed by atoms with Crippen molar-refractivity contribution in [1.82, 2.24) is 4.90 Å². The van der Waals surface area contributed by atoms with Crippen LogP contribution in [0.25, 0.3) is 0 Å². The van der Waals surface area contributed by atoms with Crippen LogP contribution in [-0.4, -0.2) is 42.6 Å². The van der Waals surface area contributed by atoms with Gasteiger partial charge in [-0.25, -0.2) is 0 Å². The van der Waals surface area contributed by atoms with E-state index >= 15 is 0 Å². The molecule has 0 aromatic heterocycles. The van der Waals surface area contributed by atoms with Gasteiger partial charge in [0.15, 0.2) is 0 Å². The van der Waals surface area contributed by atoms with Crippen LogP contribution < -0.4 is 4.90 Å². The minimum Gasteiger partial charge on any atom is -0.389 e. The summed E-state index contributed by atoms with van der Waals surface area (Å²) in [4.78, 5) is 15.8. The second-order valence-electron chi connectivity index (χ2n) is 4.69. The Balaban J connectivity index is 2.67. The van der Waals surface area contributed by atoms with E-state index in [1.807, 2.05) is 55.0 Å². The lowest BCUT2D eigenvalue weighted by Crippen LogP contribution is -2.38. The molecule has 0 fully saturated rings. The molecule has 0 saturated heterocycles. The van der Waals surface area contributed by atoms with E-state index < -0.39 is 6.10 Å². The summed E-state index contributed by atoms with van der Waals surface area (Å²) < 4.78 is 0. The minimum atomic E-state index is -0.461. The summed E-state index contributed by atoms with van der Waals surface area (Å²) in [5.74, 6) is 0.132. The minimum absolute atomic E-state index is 0.132. The molecule has 4 nitrogen and oxygen atoms in total. The SMILES string of the molecule is CCN(CC)C(=O)CN(C)c1ccc([C@H](C)O)cc1. The fourth-order valence-electron chi connectivity index (χ4n) is 1.98. The number of carbonyl (C=O) groups excluding carboxylic acids is 1. The molecular formula is C15H24N2O2. The standard InChI is InChI=1S/C15H24N2O2/c1-5-17(6-2)15(19)11-16(4)14-9-7-13(8-10-14)12(3)18/h7-10,12,18H,5-6,11H2,1-4H3/t12-/m0/s1. The lowest BCUT2D eigenvalue weighted by Gasteiger charge is -2.24. The van der Waals surface area contributed by atoms with Crippen LogP contribution >= 0.6 is 0 Å². The molecule has 0 radical (unpaired) electrons. The number of anilines is 1. The molecule has 0 aliphatic carbocycles. The zero-order valence-electron chi connectivity index (χ0n) is 12.3. The Labute approximate surface area is 115 Å². The lowest BCUT2D eigenvalue weighted by atomic mass is 10.1. The Kier molecular flexibility index (Phi) is 5.83. The van der Waals surface area contributed by atoms with Crippen molar-refractivity contribution >= 4 is 11.6 Å².